The smallest absolute Gasteiger partial charge is 0.340 e. The fourth-order valence-electron chi connectivity index (χ4n) is 2.72. The van der Waals surface area contributed by atoms with Crippen LogP contribution in [0.15, 0.2) is 16.4 Å². The van der Waals surface area contributed by atoms with Gasteiger partial charge in [0.05, 0.1) is 6.61 Å². The molecule has 1 aliphatic heterocycles. The van der Waals surface area contributed by atoms with E-state index < -0.39 is 5.54 Å². The minimum Gasteiger partial charge on any atom is -0.492 e. The molecule has 2 heterocycles. The maximum Gasteiger partial charge on any atom is 0.340 e. The summed E-state index contributed by atoms with van der Waals surface area (Å²) in [7, 11) is 0. The maximum absolute atomic E-state index is 12.2. The first-order chi connectivity index (χ1) is 9.25. The van der Waals surface area contributed by atoms with E-state index in [0.29, 0.717) is 12.5 Å². The number of ether oxygens (including phenoxy) is 2. The molecule has 0 atom stereocenters. The number of esters is 1. The molecule has 4 nitrogen and oxygen atoms in total. The standard InChI is InChI=1S/C14H17NO3S/c1-2-17-10-6-9-19-11(10)12-15-14(13(16)18-12)7-4-3-5-8-14/h6,9H,2-5,7-8H2,1H3. The number of aliphatic imine (C=N–C) groups is 1. The fraction of sp³-hybridized carbons (Fsp3) is 0.571. The number of thiophene rings is 1. The van der Waals surface area contributed by atoms with Gasteiger partial charge >= 0.3 is 5.97 Å². The van der Waals surface area contributed by atoms with Crippen LogP contribution in [0.1, 0.15) is 43.9 Å². The third-order valence-corrected chi connectivity index (χ3v) is 4.57. The molecule has 1 saturated carbocycles. The van der Waals surface area contributed by atoms with Crippen molar-refractivity contribution in [3.63, 3.8) is 0 Å². The summed E-state index contributed by atoms with van der Waals surface area (Å²) >= 11 is 1.50. The van der Waals surface area contributed by atoms with Gasteiger partial charge in [0.15, 0.2) is 5.54 Å². The molecule has 1 spiro atoms. The summed E-state index contributed by atoms with van der Waals surface area (Å²) in [5.74, 6) is 1.02. The lowest BCUT2D eigenvalue weighted by Crippen LogP contribution is -2.35. The zero-order valence-electron chi connectivity index (χ0n) is 11.0. The molecule has 0 N–H and O–H groups in total. The second kappa shape index (κ2) is 4.96. The van der Waals surface area contributed by atoms with Gasteiger partial charge in [-0.15, -0.1) is 11.3 Å². The summed E-state index contributed by atoms with van der Waals surface area (Å²) in [5, 5.41) is 1.93. The number of hydrogen-bond donors (Lipinski definition) is 0. The lowest BCUT2D eigenvalue weighted by Gasteiger charge is -2.25. The van der Waals surface area contributed by atoms with Gasteiger partial charge in [-0.1, -0.05) is 19.3 Å². The Morgan fingerprint density at radius 1 is 1.42 bits per heavy atom. The van der Waals surface area contributed by atoms with Gasteiger partial charge in [-0.25, -0.2) is 9.79 Å². The molecule has 1 aromatic heterocycles. The van der Waals surface area contributed by atoms with Gasteiger partial charge in [0.2, 0.25) is 5.90 Å². The van der Waals surface area contributed by atoms with Gasteiger partial charge in [0, 0.05) is 0 Å². The summed E-state index contributed by atoms with van der Waals surface area (Å²) in [4.78, 5) is 17.6. The van der Waals surface area contributed by atoms with Gasteiger partial charge in [-0.3, -0.25) is 0 Å². The first-order valence-electron chi connectivity index (χ1n) is 6.78. The molecule has 0 radical (unpaired) electrons. The van der Waals surface area contributed by atoms with Gasteiger partial charge in [0.25, 0.3) is 0 Å². The maximum atomic E-state index is 12.2. The fourth-order valence-corrected chi connectivity index (χ4v) is 3.48. The van der Waals surface area contributed by atoms with Crippen molar-refractivity contribution in [3.8, 4) is 5.75 Å². The van der Waals surface area contributed by atoms with Crippen LogP contribution >= 0.6 is 11.3 Å². The van der Waals surface area contributed by atoms with Gasteiger partial charge in [-0.2, -0.15) is 0 Å². The number of rotatable bonds is 3. The Morgan fingerprint density at radius 2 is 2.21 bits per heavy atom. The molecule has 1 fully saturated rings. The van der Waals surface area contributed by atoms with Crippen molar-refractivity contribution >= 4 is 23.2 Å². The minimum absolute atomic E-state index is 0.182. The normalized spacial score (nSPS) is 21.3. The number of carbonyl (C=O) groups excluding carboxylic acids is 1. The van der Waals surface area contributed by atoms with E-state index in [0.717, 1.165) is 36.3 Å². The average Bonchev–Trinajstić information content (AvgIpc) is 2.98. The molecule has 102 valence electrons. The SMILES string of the molecule is CCOc1ccsc1C1=NC2(CCCCC2)C(=O)O1. The third-order valence-electron chi connectivity index (χ3n) is 3.69. The van der Waals surface area contributed by atoms with Gasteiger partial charge in [0.1, 0.15) is 10.6 Å². The first kappa shape index (κ1) is 12.7. The highest BCUT2D eigenvalue weighted by atomic mass is 32.1. The van der Waals surface area contributed by atoms with Crippen LogP contribution in [-0.4, -0.2) is 24.0 Å². The van der Waals surface area contributed by atoms with E-state index in [1.165, 1.54) is 17.8 Å². The van der Waals surface area contributed by atoms with Crippen LogP contribution in [0.4, 0.5) is 0 Å². The Bertz CT molecular complexity index is 515. The predicted molar refractivity (Wildman–Crippen MR) is 73.9 cm³/mol. The van der Waals surface area contributed by atoms with Crippen LogP contribution in [-0.2, 0) is 9.53 Å². The van der Waals surface area contributed by atoms with Crippen LogP contribution in [0, 0.1) is 0 Å². The van der Waals surface area contributed by atoms with Gasteiger partial charge in [-0.05, 0) is 31.2 Å². The quantitative estimate of drug-likeness (QED) is 0.799. The minimum atomic E-state index is -0.610. The van der Waals surface area contributed by atoms with Crippen molar-refractivity contribution < 1.29 is 14.3 Å². The van der Waals surface area contributed by atoms with Crippen LogP contribution in [0.2, 0.25) is 0 Å². The molecule has 1 aromatic rings. The molecule has 0 unspecified atom stereocenters. The molecule has 0 amide bonds. The number of carbonyl (C=O) groups is 1. The Kier molecular flexibility index (Phi) is 3.31. The van der Waals surface area contributed by atoms with Crippen LogP contribution in [0.3, 0.4) is 0 Å². The first-order valence-corrected chi connectivity index (χ1v) is 7.66. The van der Waals surface area contributed by atoms with Crippen molar-refractivity contribution in [2.45, 2.75) is 44.6 Å². The number of nitrogens with zero attached hydrogens (tertiary/aromatic N) is 1. The van der Waals surface area contributed by atoms with E-state index in [-0.39, 0.29) is 5.97 Å². The van der Waals surface area contributed by atoms with Crippen molar-refractivity contribution in [3.05, 3.63) is 16.3 Å². The molecule has 0 saturated heterocycles. The monoisotopic (exact) mass is 279 g/mol. The van der Waals surface area contributed by atoms with Crippen LogP contribution < -0.4 is 4.74 Å². The molecule has 1 aliphatic carbocycles. The summed E-state index contributed by atoms with van der Waals surface area (Å²) in [6.07, 6.45) is 4.90. The molecule has 0 aromatic carbocycles. The molecule has 2 aliphatic rings. The van der Waals surface area contributed by atoms with Crippen molar-refractivity contribution in [2.75, 3.05) is 6.61 Å². The van der Waals surface area contributed by atoms with Crippen molar-refractivity contribution in [2.24, 2.45) is 4.99 Å². The van der Waals surface area contributed by atoms with E-state index in [9.17, 15) is 4.79 Å². The Morgan fingerprint density at radius 3 is 2.95 bits per heavy atom. The molecule has 19 heavy (non-hydrogen) atoms. The third kappa shape index (κ3) is 2.16. The topological polar surface area (TPSA) is 47.9 Å². The summed E-state index contributed by atoms with van der Waals surface area (Å²) in [6.45, 7) is 2.53. The summed E-state index contributed by atoms with van der Waals surface area (Å²) < 4.78 is 11.0. The molecule has 3 rings (SSSR count). The molecule has 5 heteroatoms. The lowest BCUT2D eigenvalue weighted by molar-refractivity contribution is -0.140. The van der Waals surface area contributed by atoms with E-state index in [4.69, 9.17) is 9.47 Å². The predicted octanol–water partition coefficient (Wildman–Crippen LogP) is 3.15. The van der Waals surface area contributed by atoms with E-state index in [2.05, 4.69) is 4.99 Å². The summed E-state index contributed by atoms with van der Waals surface area (Å²) in [6, 6.07) is 1.89. The van der Waals surface area contributed by atoms with Gasteiger partial charge < -0.3 is 9.47 Å². The molecular weight excluding hydrogens is 262 g/mol. The largest absolute Gasteiger partial charge is 0.492 e. The Balaban J connectivity index is 1.91. The Hall–Kier alpha value is -1.36. The van der Waals surface area contributed by atoms with E-state index in [1.54, 1.807) is 0 Å². The van der Waals surface area contributed by atoms with E-state index >= 15 is 0 Å². The zero-order chi connectivity index (χ0) is 13.3. The highest BCUT2D eigenvalue weighted by Gasteiger charge is 2.47. The number of cyclic esters (lactones) is 1. The van der Waals surface area contributed by atoms with Crippen molar-refractivity contribution in [1.29, 1.82) is 0 Å². The second-order valence-electron chi connectivity index (χ2n) is 4.95. The van der Waals surface area contributed by atoms with E-state index in [1.807, 2.05) is 18.4 Å². The summed E-state index contributed by atoms with van der Waals surface area (Å²) in [5.41, 5.74) is -0.610. The highest BCUT2D eigenvalue weighted by molar-refractivity contribution is 7.12. The Labute approximate surface area is 116 Å². The molecule has 0 bridgehead atoms. The zero-order valence-corrected chi connectivity index (χ0v) is 11.8. The molecular formula is C14H17NO3S. The average molecular weight is 279 g/mol. The van der Waals surface area contributed by atoms with Crippen molar-refractivity contribution in [1.82, 2.24) is 0 Å². The van der Waals surface area contributed by atoms with Crippen LogP contribution in [0.5, 0.6) is 5.75 Å². The second-order valence-corrected chi connectivity index (χ2v) is 5.86. The lowest BCUT2D eigenvalue weighted by atomic mass is 9.83. The number of hydrogen-bond acceptors (Lipinski definition) is 5. The van der Waals surface area contributed by atoms with Crippen LogP contribution in [0.25, 0.3) is 0 Å². The highest BCUT2D eigenvalue weighted by Crippen LogP contribution is 2.39.